The lowest BCUT2D eigenvalue weighted by Gasteiger charge is -2.24. The van der Waals surface area contributed by atoms with E-state index < -0.39 is 11.8 Å². The van der Waals surface area contributed by atoms with Gasteiger partial charge in [-0.3, -0.25) is 0 Å². The highest BCUT2D eigenvalue weighted by atomic mass is 19.1. The summed E-state index contributed by atoms with van der Waals surface area (Å²) in [4.78, 5) is 11.0. The molecule has 1 atom stereocenters. The molecule has 1 aromatic carbocycles. The zero-order valence-electron chi connectivity index (χ0n) is 11.5. The minimum Gasteiger partial charge on any atom is -0.478 e. The number of carboxylic acid groups (broad SMARTS) is 1. The fraction of sp³-hybridized carbons (Fsp3) is 0.500. The second-order valence-corrected chi connectivity index (χ2v) is 4.73. The van der Waals surface area contributed by atoms with Gasteiger partial charge < -0.3 is 16.2 Å². The van der Waals surface area contributed by atoms with Crippen LogP contribution in [-0.2, 0) is 0 Å². The van der Waals surface area contributed by atoms with Crippen LogP contribution >= 0.6 is 0 Å². The molecule has 0 saturated carbocycles. The summed E-state index contributed by atoms with van der Waals surface area (Å²) in [5.74, 6) is -1.28. The third kappa shape index (κ3) is 3.59. The predicted octanol–water partition coefficient (Wildman–Crippen LogP) is 3.34. The van der Waals surface area contributed by atoms with Crippen molar-refractivity contribution < 1.29 is 14.3 Å². The third-order valence-corrected chi connectivity index (χ3v) is 3.51. The van der Waals surface area contributed by atoms with Crippen molar-refractivity contribution in [2.45, 2.75) is 39.7 Å². The molecule has 106 valence electrons. The number of hydrogen-bond acceptors (Lipinski definition) is 3. The van der Waals surface area contributed by atoms with Gasteiger partial charge in [0.1, 0.15) is 5.82 Å². The third-order valence-electron chi connectivity index (χ3n) is 3.51. The lowest BCUT2D eigenvalue weighted by Crippen LogP contribution is -2.25. The van der Waals surface area contributed by atoms with E-state index in [-0.39, 0.29) is 23.0 Å². The number of anilines is 2. The molecule has 0 radical (unpaired) electrons. The Balaban J connectivity index is 3.01. The second-order valence-electron chi connectivity index (χ2n) is 4.73. The van der Waals surface area contributed by atoms with Crippen molar-refractivity contribution in [2.75, 3.05) is 11.1 Å². The van der Waals surface area contributed by atoms with Gasteiger partial charge in [0.05, 0.1) is 11.3 Å². The average molecular weight is 268 g/mol. The Kier molecular flexibility index (Phi) is 5.15. The molecule has 0 amide bonds. The Labute approximate surface area is 112 Å². The first kappa shape index (κ1) is 15.3. The van der Waals surface area contributed by atoms with Crippen molar-refractivity contribution in [1.29, 1.82) is 0 Å². The summed E-state index contributed by atoms with van der Waals surface area (Å²) in [5.41, 5.74) is 5.52. The van der Waals surface area contributed by atoms with Crippen LogP contribution in [0.15, 0.2) is 12.1 Å². The molecule has 19 heavy (non-hydrogen) atoms. The molecule has 1 unspecified atom stereocenters. The lowest BCUT2D eigenvalue weighted by atomic mass is 9.95. The molecule has 5 heteroatoms. The maximum absolute atomic E-state index is 13.8. The van der Waals surface area contributed by atoms with E-state index in [2.05, 4.69) is 19.2 Å². The van der Waals surface area contributed by atoms with E-state index in [1.807, 2.05) is 6.92 Å². The molecule has 4 N–H and O–H groups in total. The number of carbonyl (C=O) groups is 1. The SMILES string of the molecule is CCC(CC)C(C)Nc1cc(C(=O)O)c(N)cc1F. The van der Waals surface area contributed by atoms with Gasteiger partial charge in [-0.05, 0) is 25.0 Å². The van der Waals surface area contributed by atoms with Crippen molar-refractivity contribution in [3.8, 4) is 0 Å². The molecule has 4 nitrogen and oxygen atoms in total. The zero-order chi connectivity index (χ0) is 14.6. The number of aromatic carboxylic acids is 1. The van der Waals surface area contributed by atoms with Crippen LogP contribution in [-0.4, -0.2) is 17.1 Å². The summed E-state index contributed by atoms with van der Waals surface area (Å²) in [6.07, 6.45) is 1.96. The summed E-state index contributed by atoms with van der Waals surface area (Å²) in [6, 6.07) is 2.37. The first-order valence-corrected chi connectivity index (χ1v) is 6.49. The van der Waals surface area contributed by atoms with Crippen LogP contribution in [0.5, 0.6) is 0 Å². The van der Waals surface area contributed by atoms with Crippen LogP contribution in [0.25, 0.3) is 0 Å². The number of nitrogen functional groups attached to an aromatic ring is 1. The Morgan fingerprint density at radius 1 is 1.42 bits per heavy atom. The molecule has 0 fully saturated rings. The molecule has 0 aliphatic heterocycles. The van der Waals surface area contributed by atoms with Crippen LogP contribution in [0.1, 0.15) is 44.0 Å². The Morgan fingerprint density at radius 2 is 2.00 bits per heavy atom. The van der Waals surface area contributed by atoms with Gasteiger partial charge in [0.2, 0.25) is 0 Å². The summed E-state index contributed by atoms with van der Waals surface area (Å²) in [5, 5.41) is 12.0. The van der Waals surface area contributed by atoms with Crippen molar-refractivity contribution in [2.24, 2.45) is 5.92 Å². The van der Waals surface area contributed by atoms with Gasteiger partial charge >= 0.3 is 5.97 Å². The normalized spacial score (nSPS) is 12.5. The van der Waals surface area contributed by atoms with E-state index in [0.29, 0.717) is 5.92 Å². The number of benzene rings is 1. The van der Waals surface area contributed by atoms with Gasteiger partial charge in [0.15, 0.2) is 0 Å². The first-order chi connectivity index (χ1) is 8.90. The molecule has 0 saturated heterocycles. The van der Waals surface area contributed by atoms with Crippen molar-refractivity contribution in [3.63, 3.8) is 0 Å². The number of carboxylic acids is 1. The van der Waals surface area contributed by atoms with E-state index in [1.165, 1.54) is 6.07 Å². The Hall–Kier alpha value is -1.78. The monoisotopic (exact) mass is 268 g/mol. The molecule has 0 bridgehead atoms. The maximum Gasteiger partial charge on any atom is 0.337 e. The molecule has 0 spiro atoms. The molecular formula is C14H21FN2O2. The number of nitrogens with one attached hydrogen (secondary N) is 1. The van der Waals surface area contributed by atoms with E-state index in [0.717, 1.165) is 18.9 Å². The highest BCUT2D eigenvalue weighted by molar-refractivity contribution is 5.94. The summed E-state index contributed by atoms with van der Waals surface area (Å²) in [7, 11) is 0. The molecule has 0 aromatic heterocycles. The van der Waals surface area contributed by atoms with Crippen LogP contribution in [0.2, 0.25) is 0 Å². The molecule has 1 rings (SSSR count). The second kappa shape index (κ2) is 6.41. The van der Waals surface area contributed by atoms with E-state index in [4.69, 9.17) is 10.8 Å². The van der Waals surface area contributed by atoms with Gasteiger partial charge in [0.25, 0.3) is 0 Å². The summed E-state index contributed by atoms with van der Waals surface area (Å²) < 4.78 is 13.8. The fourth-order valence-corrected chi connectivity index (χ4v) is 2.24. The van der Waals surface area contributed by atoms with Gasteiger partial charge in [-0.1, -0.05) is 26.7 Å². The van der Waals surface area contributed by atoms with E-state index >= 15 is 0 Å². The number of halogens is 1. The molecule has 0 heterocycles. The fourth-order valence-electron chi connectivity index (χ4n) is 2.24. The quantitative estimate of drug-likeness (QED) is 0.692. The van der Waals surface area contributed by atoms with Gasteiger partial charge in [-0.2, -0.15) is 0 Å². The first-order valence-electron chi connectivity index (χ1n) is 6.49. The minimum absolute atomic E-state index is 0.0641. The lowest BCUT2D eigenvalue weighted by molar-refractivity contribution is 0.0698. The Bertz CT molecular complexity index is 459. The van der Waals surface area contributed by atoms with E-state index in [9.17, 15) is 9.18 Å². The molecule has 1 aromatic rings. The highest BCUT2D eigenvalue weighted by Gasteiger charge is 2.17. The molecule has 0 aliphatic rings. The number of rotatable bonds is 6. The maximum atomic E-state index is 13.8. The minimum atomic E-state index is -1.16. The number of nitrogens with two attached hydrogens (primary N) is 1. The molecular weight excluding hydrogens is 247 g/mol. The van der Waals surface area contributed by atoms with Gasteiger partial charge in [-0.15, -0.1) is 0 Å². The van der Waals surface area contributed by atoms with Gasteiger partial charge in [0, 0.05) is 11.7 Å². The van der Waals surface area contributed by atoms with E-state index in [1.54, 1.807) is 0 Å². The van der Waals surface area contributed by atoms with Crippen molar-refractivity contribution in [1.82, 2.24) is 0 Å². The average Bonchev–Trinajstić information content (AvgIpc) is 2.33. The standard InChI is InChI=1S/C14H21FN2O2/c1-4-9(5-2)8(3)17-13-6-10(14(18)19)12(16)7-11(13)15/h6-9,17H,4-5,16H2,1-3H3,(H,18,19). The highest BCUT2D eigenvalue weighted by Crippen LogP contribution is 2.25. The van der Waals surface area contributed by atoms with Crippen LogP contribution < -0.4 is 11.1 Å². The van der Waals surface area contributed by atoms with Crippen LogP contribution in [0.4, 0.5) is 15.8 Å². The van der Waals surface area contributed by atoms with Crippen molar-refractivity contribution >= 4 is 17.3 Å². The largest absolute Gasteiger partial charge is 0.478 e. The predicted molar refractivity (Wildman–Crippen MR) is 74.9 cm³/mol. The van der Waals surface area contributed by atoms with Crippen molar-refractivity contribution in [3.05, 3.63) is 23.5 Å². The van der Waals surface area contributed by atoms with Crippen LogP contribution in [0, 0.1) is 11.7 Å². The topological polar surface area (TPSA) is 75.3 Å². The molecule has 0 aliphatic carbocycles. The number of hydrogen-bond donors (Lipinski definition) is 3. The summed E-state index contributed by atoms with van der Waals surface area (Å²) in [6.45, 7) is 6.12. The smallest absolute Gasteiger partial charge is 0.337 e. The zero-order valence-corrected chi connectivity index (χ0v) is 11.5. The Morgan fingerprint density at radius 3 is 2.47 bits per heavy atom. The van der Waals surface area contributed by atoms with Gasteiger partial charge in [-0.25, -0.2) is 9.18 Å². The van der Waals surface area contributed by atoms with Crippen LogP contribution in [0.3, 0.4) is 0 Å². The summed E-state index contributed by atoms with van der Waals surface area (Å²) >= 11 is 0.